The lowest BCUT2D eigenvalue weighted by atomic mass is 10.2. The van der Waals surface area contributed by atoms with Crippen LogP contribution in [0.5, 0.6) is 0 Å². The minimum absolute atomic E-state index is 0.000970. The third-order valence-electron chi connectivity index (χ3n) is 2.95. The largest absolute Gasteiger partial charge is 0.374 e. The van der Waals surface area contributed by atoms with Crippen LogP contribution < -0.4 is 10.6 Å². The molecule has 3 nitrogen and oxygen atoms in total. The monoisotopic (exact) mass is 268 g/mol. The topological polar surface area (TPSA) is 41.1 Å². The fraction of sp³-hybridized carbons (Fsp3) is 0.500. The van der Waals surface area contributed by atoms with Crippen LogP contribution >= 0.6 is 11.6 Å². The summed E-state index contributed by atoms with van der Waals surface area (Å²) < 4.78 is 0. The Morgan fingerprint density at radius 2 is 2.06 bits per heavy atom. The molecule has 4 heteroatoms. The summed E-state index contributed by atoms with van der Waals surface area (Å²) in [5.74, 6) is 0.000970. The zero-order valence-electron chi connectivity index (χ0n) is 11.4. The molecule has 0 bridgehead atoms. The van der Waals surface area contributed by atoms with Crippen molar-refractivity contribution in [3.8, 4) is 0 Å². The van der Waals surface area contributed by atoms with Gasteiger partial charge in [0.05, 0.1) is 0 Å². The van der Waals surface area contributed by atoms with E-state index in [1.807, 2.05) is 45.9 Å². The molecule has 0 fully saturated rings. The number of anilines is 1. The fourth-order valence-electron chi connectivity index (χ4n) is 1.47. The molecule has 2 atom stereocenters. The maximum Gasteiger partial charge on any atom is 0.242 e. The van der Waals surface area contributed by atoms with Gasteiger partial charge in [0.2, 0.25) is 5.91 Å². The van der Waals surface area contributed by atoms with E-state index in [0.717, 1.165) is 17.7 Å². The van der Waals surface area contributed by atoms with E-state index in [9.17, 15) is 4.79 Å². The van der Waals surface area contributed by atoms with E-state index in [1.165, 1.54) is 0 Å². The van der Waals surface area contributed by atoms with Crippen LogP contribution in [0.25, 0.3) is 0 Å². The van der Waals surface area contributed by atoms with Crippen LogP contribution in [-0.2, 0) is 4.79 Å². The third-order valence-corrected chi connectivity index (χ3v) is 3.36. The van der Waals surface area contributed by atoms with E-state index >= 15 is 0 Å². The lowest BCUT2D eigenvalue weighted by Crippen LogP contribution is -2.41. The molecule has 1 amide bonds. The molecule has 0 heterocycles. The Balaban J connectivity index is 2.60. The average molecular weight is 269 g/mol. The highest BCUT2D eigenvalue weighted by atomic mass is 35.5. The molecular weight excluding hydrogens is 248 g/mol. The van der Waals surface area contributed by atoms with Crippen LogP contribution in [0.1, 0.15) is 32.8 Å². The van der Waals surface area contributed by atoms with Crippen LogP contribution in [0, 0.1) is 6.92 Å². The first kappa shape index (κ1) is 14.8. The zero-order chi connectivity index (χ0) is 13.7. The van der Waals surface area contributed by atoms with Gasteiger partial charge in [-0.25, -0.2) is 0 Å². The normalized spacial score (nSPS) is 13.8. The molecular formula is C14H21ClN2O. The Morgan fingerprint density at radius 1 is 1.39 bits per heavy atom. The van der Waals surface area contributed by atoms with Gasteiger partial charge in [-0.2, -0.15) is 0 Å². The minimum Gasteiger partial charge on any atom is -0.374 e. The highest BCUT2D eigenvalue weighted by molar-refractivity contribution is 6.31. The molecule has 0 aliphatic rings. The van der Waals surface area contributed by atoms with Crippen molar-refractivity contribution in [2.45, 2.75) is 46.2 Å². The molecule has 2 N–H and O–H groups in total. The summed E-state index contributed by atoms with van der Waals surface area (Å²) in [7, 11) is 0. The van der Waals surface area contributed by atoms with Crippen molar-refractivity contribution in [2.24, 2.45) is 0 Å². The fourth-order valence-corrected chi connectivity index (χ4v) is 1.65. The third kappa shape index (κ3) is 4.22. The summed E-state index contributed by atoms with van der Waals surface area (Å²) in [6.07, 6.45) is 0.925. The molecule has 0 saturated carbocycles. The van der Waals surface area contributed by atoms with Crippen LogP contribution in [0.15, 0.2) is 18.2 Å². The summed E-state index contributed by atoms with van der Waals surface area (Å²) in [5.41, 5.74) is 1.89. The first-order valence-electron chi connectivity index (χ1n) is 6.27. The predicted molar refractivity (Wildman–Crippen MR) is 77.2 cm³/mol. The number of nitrogens with one attached hydrogen (secondary N) is 2. The highest BCUT2D eigenvalue weighted by Gasteiger charge is 2.14. The molecule has 18 heavy (non-hydrogen) atoms. The number of rotatable bonds is 5. The van der Waals surface area contributed by atoms with Gasteiger partial charge >= 0.3 is 0 Å². The van der Waals surface area contributed by atoms with Crippen LogP contribution in [0.2, 0.25) is 5.02 Å². The number of benzene rings is 1. The van der Waals surface area contributed by atoms with E-state index < -0.39 is 0 Å². The number of carbonyl (C=O) groups excluding carboxylic acids is 1. The quantitative estimate of drug-likeness (QED) is 0.860. The second-order valence-corrected chi connectivity index (χ2v) is 5.06. The summed E-state index contributed by atoms with van der Waals surface area (Å²) >= 11 is 6.04. The van der Waals surface area contributed by atoms with Gasteiger partial charge in [0.1, 0.15) is 6.04 Å². The Bertz CT molecular complexity index is 420. The van der Waals surface area contributed by atoms with Gasteiger partial charge in [0.15, 0.2) is 0 Å². The van der Waals surface area contributed by atoms with Crippen molar-refractivity contribution in [1.29, 1.82) is 0 Å². The van der Waals surface area contributed by atoms with Gasteiger partial charge in [0.25, 0.3) is 0 Å². The second-order valence-electron chi connectivity index (χ2n) is 4.65. The first-order chi connectivity index (χ1) is 8.43. The molecule has 0 aliphatic heterocycles. The zero-order valence-corrected chi connectivity index (χ0v) is 12.1. The number of carbonyl (C=O) groups is 1. The molecule has 0 radical (unpaired) electrons. The van der Waals surface area contributed by atoms with E-state index in [2.05, 4.69) is 10.6 Å². The molecule has 0 aromatic heterocycles. The van der Waals surface area contributed by atoms with Crippen LogP contribution in [-0.4, -0.2) is 18.0 Å². The summed E-state index contributed by atoms with van der Waals surface area (Å²) in [5, 5.41) is 6.79. The summed E-state index contributed by atoms with van der Waals surface area (Å²) in [4.78, 5) is 11.9. The highest BCUT2D eigenvalue weighted by Crippen LogP contribution is 2.20. The SMILES string of the molecule is CCC(C)NC(=O)C(C)Nc1ccc(C)c(Cl)c1. The molecule has 1 aromatic rings. The molecule has 0 spiro atoms. The minimum atomic E-state index is -0.280. The standard InChI is InChI=1S/C14H21ClN2O/c1-5-10(3)16-14(18)11(4)17-12-7-6-9(2)13(15)8-12/h6-8,10-11,17H,5H2,1-4H3,(H,16,18). The van der Waals surface area contributed by atoms with Crippen molar-refractivity contribution in [3.05, 3.63) is 28.8 Å². The van der Waals surface area contributed by atoms with Crippen molar-refractivity contribution < 1.29 is 4.79 Å². The van der Waals surface area contributed by atoms with E-state index in [-0.39, 0.29) is 18.0 Å². The lowest BCUT2D eigenvalue weighted by molar-refractivity contribution is -0.122. The molecule has 2 unspecified atom stereocenters. The first-order valence-corrected chi connectivity index (χ1v) is 6.65. The van der Waals surface area contributed by atoms with Crippen molar-refractivity contribution in [3.63, 3.8) is 0 Å². The van der Waals surface area contributed by atoms with E-state index in [1.54, 1.807) is 0 Å². The molecule has 0 aliphatic carbocycles. The predicted octanol–water partition coefficient (Wildman–Crippen LogP) is 3.36. The van der Waals surface area contributed by atoms with Crippen LogP contribution in [0.3, 0.4) is 0 Å². The number of hydrogen-bond acceptors (Lipinski definition) is 2. The maximum absolute atomic E-state index is 11.9. The van der Waals surface area contributed by atoms with E-state index in [4.69, 9.17) is 11.6 Å². The molecule has 100 valence electrons. The molecule has 1 rings (SSSR count). The van der Waals surface area contributed by atoms with E-state index in [0.29, 0.717) is 5.02 Å². The van der Waals surface area contributed by atoms with Crippen LogP contribution in [0.4, 0.5) is 5.69 Å². The van der Waals surface area contributed by atoms with Crippen molar-refractivity contribution in [1.82, 2.24) is 5.32 Å². The Labute approximate surface area is 114 Å². The Morgan fingerprint density at radius 3 is 2.61 bits per heavy atom. The second kappa shape index (κ2) is 6.64. The Kier molecular flexibility index (Phi) is 5.48. The molecule has 1 aromatic carbocycles. The van der Waals surface area contributed by atoms with Gasteiger partial charge in [-0.3, -0.25) is 4.79 Å². The maximum atomic E-state index is 11.9. The van der Waals surface area contributed by atoms with Gasteiger partial charge in [-0.05, 0) is 44.9 Å². The smallest absolute Gasteiger partial charge is 0.242 e. The summed E-state index contributed by atoms with van der Waals surface area (Å²) in [6.45, 7) is 7.83. The van der Waals surface area contributed by atoms with Gasteiger partial charge in [0, 0.05) is 16.8 Å². The Hall–Kier alpha value is -1.22. The molecule has 0 saturated heterocycles. The number of aryl methyl sites for hydroxylation is 1. The number of halogens is 1. The lowest BCUT2D eigenvalue weighted by Gasteiger charge is -2.18. The van der Waals surface area contributed by atoms with Gasteiger partial charge in [-0.15, -0.1) is 0 Å². The average Bonchev–Trinajstić information content (AvgIpc) is 2.33. The van der Waals surface area contributed by atoms with Gasteiger partial charge in [-0.1, -0.05) is 24.6 Å². The number of hydrogen-bond donors (Lipinski definition) is 2. The van der Waals surface area contributed by atoms with Gasteiger partial charge < -0.3 is 10.6 Å². The number of amides is 1. The van der Waals surface area contributed by atoms with Crippen molar-refractivity contribution >= 4 is 23.2 Å². The summed E-state index contributed by atoms with van der Waals surface area (Å²) in [6, 6.07) is 5.61. The van der Waals surface area contributed by atoms with Crippen molar-refractivity contribution in [2.75, 3.05) is 5.32 Å².